The largest absolute Gasteiger partial charge is 0.313 e. The Bertz CT molecular complexity index is 499. The molecule has 0 bridgehead atoms. The first-order valence-electron chi connectivity index (χ1n) is 6.02. The Morgan fingerprint density at radius 3 is 2.56 bits per heavy atom. The van der Waals surface area contributed by atoms with Crippen LogP contribution in [0.4, 0.5) is 4.39 Å². The van der Waals surface area contributed by atoms with Gasteiger partial charge < -0.3 is 5.32 Å². The second-order valence-electron chi connectivity index (χ2n) is 3.91. The highest BCUT2D eigenvalue weighted by Gasteiger charge is 2.08. The molecule has 3 heteroatoms. The number of rotatable bonds is 5. The fourth-order valence-electron chi connectivity index (χ4n) is 1.67. The zero-order chi connectivity index (χ0) is 12.8. The van der Waals surface area contributed by atoms with Crippen molar-refractivity contribution < 1.29 is 4.39 Å². The molecule has 0 radical (unpaired) electrons. The van der Waals surface area contributed by atoms with E-state index in [4.69, 9.17) is 0 Å². The first kappa shape index (κ1) is 13.1. The van der Waals surface area contributed by atoms with Gasteiger partial charge in [0.2, 0.25) is 0 Å². The van der Waals surface area contributed by atoms with Crippen molar-refractivity contribution in [1.29, 1.82) is 0 Å². The summed E-state index contributed by atoms with van der Waals surface area (Å²) in [6.45, 7) is 3.42. The third kappa shape index (κ3) is 3.34. The summed E-state index contributed by atoms with van der Waals surface area (Å²) in [5, 5.41) is 3.18. The molecule has 0 aliphatic heterocycles. The van der Waals surface area contributed by atoms with E-state index in [1.165, 1.54) is 6.07 Å². The van der Waals surface area contributed by atoms with Gasteiger partial charge in [0, 0.05) is 21.9 Å². The van der Waals surface area contributed by atoms with Crippen LogP contribution in [0.15, 0.2) is 58.3 Å². The number of nitrogens with one attached hydrogen (secondary N) is 1. The van der Waals surface area contributed by atoms with Gasteiger partial charge in [0.25, 0.3) is 0 Å². The van der Waals surface area contributed by atoms with Gasteiger partial charge in [-0.15, -0.1) is 0 Å². The molecule has 0 fully saturated rings. The zero-order valence-corrected chi connectivity index (χ0v) is 11.1. The van der Waals surface area contributed by atoms with Crippen molar-refractivity contribution in [2.24, 2.45) is 0 Å². The van der Waals surface area contributed by atoms with E-state index in [-0.39, 0.29) is 5.82 Å². The molecule has 94 valence electrons. The molecule has 1 N–H and O–H groups in total. The van der Waals surface area contributed by atoms with Crippen molar-refractivity contribution in [3.8, 4) is 0 Å². The van der Waals surface area contributed by atoms with Gasteiger partial charge in [-0.1, -0.05) is 43.0 Å². The topological polar surface area (TPSA) is 12.0 Å². The molecule has 2 rings (SSSR count). The summed E-state index contributed by atoms with van der Waals surface area (Å²) in [4.78, 5) is 2.10. The third-order valence-electron chi connectivity index (χ3n) is 2.60. The minimum Gasteiger partial charge on any atom is -0.313 e. The van der Waals surface area contributed by atoms with Crippen molar-refractivity contribution >= 4 is 11.8 Å². The lowest BCUT2D eigenvalue weighted by Gasteiger charge is -2.10. The monoisotopic (exact) mass is 261 g/mol. The van der Waals surface area contributed by atoms with Gasteiger partial charge in [0.05, 0.1) is 0 Å². The van der Waals surface area contributed by atoms with Gasteiger partial charge in [-0.3, -0.25) is 0 Å². The molecule has 0 saturated carbocycles. The molecular weight excluding hydrogens is 245 g/mol. The van der Waals surface area contributed by atoms with E-state index in [1.54, 1.807) is 17.8 Å². The van der Waals surface area contributed by atoms with Crippen molar-refractivity contribution in [2.75, 3.05) is 6.54 Å². The van der Waals surface area contributed by atoms with Gasteiger partial charge in [-0.2, -0.15) is 0 Å². The summed E-state index contributed by atoms with van der Waals surface area (Å²) >= 11 is 1.60. The minimum atomic E-state index is -0.142. The van der Waals surface area contributed by atoms with Crippen molar-refractivity contribution in [1.82, 2.24) is 5.32 Å². The molecule has 0 aromatic heterocycles. The Morgan fingerprint density at radius 2 is 1.83 bits per heavy atom. The zero-order valence-electron chi connectivity index (χ0n) is 10.3. The van der Waals surface area contributed by atoms with Crippen molar-refractivity contribution in [3.05, 3.63) is 59.9 Å². The van der Waals surface area contributed by atoms with Crippen LogP contribution in [-0.4, -0.2) is 6.54 Å². The maximum Gasteiger partial charge on any atom is 0.128 e. The summed E-state index contributed by atoms with van der Waals surface area (Å²) in [6.07, 6.45) is 0. The summed E-state index contributed by atoms with van der Waals surface area (Å²) in [6, 6.07) is 15.3. The lowest BCUT2D eigenvalue weighted by atomic mass is 10.2. The minimum absolute atomic E-state index is 0.142. The molecule has 2 aromatic rings. The molecule has 0 saturated heterocycles. The predicted octanol–water partition coefficient (Wildman–Crippen LogP) is 4.09. The van der Waals surface area contributed by atoms with Gasteiger partial charge in [-0.25, -0.2) is 4.39 Å². The lowest BCUT2D eigenvalue weighted by Crippen LogP contribution is -2.13. The van der Waals surface area contributed by atoms with E-state index in [9.17, 15) is 4.39 Å². The molecule has 0 spiro atoms. The van der Waals surface area contributed by atoms with Gasteiger partial charge >= 0.3 is 0 Å². The quantitative estimate of drug-likeness (QED) is 0.870. The molecule has 1 nitrogen and oxygen atoms in total. The van der Waals surface area contributed by atoms with Gasteiger partial charge in [-0.05, 0) is 30.8 Å². The predicted molar refractivity (Wildman–Crippen MR) is 74.3 cm³/mol. The van der Waals surface area contributed by atoms with Crippen LogP contribution in [0.2, 0.25) is 0 Å². The second kappa shape index (κ2) is 6.57. The molecule has 2 aromatic carbocycles. The van der Waals surface area contributed by atoms with Crippen LogP contribution in [0.3, 0.4) is 0 Å². The summed E-state index contributed by atoms with van der Waals surface area (Å²) < 4.78 is 13.8. The van der Waals surface area contributed by atoms with Crippen LogP contribution >= 0.6 is 11.8 Å². The molecule has 0 aliphatic carbocycles. The SMILES string of the molecule is CCNCc1c(F)cccc1Sc1ccccc1. The summed E-state index contributed by atoms with van der Waals surface area (Å²) in [5.74, 6) is -0.142. The first-order valence-corrected chi connectivity index (χ1v) is 6.84. The summed E-state index contributed by atoms with van der Waals surface area (Å²) in [5.41, 5.74) is 0.744. The first-order chi connectivity index (χ1) is 8.81. The number of benzene rings is 2. The summed E-state index contributed by atoms with van der Waals surface area (Å²) in [7, 11) is 0. The molecule has 18 heavy (non-hydrogen) atoms. The van der Waals surface area contributed by atoms with Crippen molar-refractivity contribution in [2.45, 2.75) is 23.3 Å². The molecule has 0 amide bonds. The average molecular weight is 261 g/mol. The Morgan fingerprint density at radius 1 is 1.06 bits per heavy atom. The van der Waals surface area contributed by atoms with Gasteiger partial charge in [0.15, 0.2) is 0 Å². The van der Waals surface area contributed by atoms with Crippen LogP contribution in [-0.2, 0) is 6.54 Å². The van der Waals surface area contributed by atoms with Crippen LogP contribution < -0.4 is 5.32 Å². The number of halogens is 1. The highest BCUT2D eigenvalue weighted by atomic mass is 32.2. The Balaban J connectivity index is 2.24. The number of hydrogen-bond donors (Lipinski definition) is 1. The average Bonchev–Trinajstić information content (AvgIpc) is 2.39. The van der Waals surface area contributed by atoms with E-state index in [1.807, 2.05) is 43.3 Å². The highest BCUT2D eigenvalue weighted by molar-refractivity contribution is 7.99. The molecule has 0 atom stereocenters. The van der Waals surface area contributed by atoms with Gasteiger partial charge in [0.1, 0.15) is 5.82 Å². The standard InChI is InChI=1S/C15H16FNS/c1-2-17-11-13-14(16)9-6-10-15(13)18-12-7-4-3-5-8-12/h3-10,17H,2,11H2,1H3. The third-order valence-corrected chi connectivity index (χ3v) is 3.71. The van der Waals surface area contributed by atoms with E-state index < -0.39 is 0 Å². The Kier molecular flexibility index (Phi) is 4.79. The van der Waals surface area contributed by atoms with Crippen LogP contribution in [0.25, 0.3) is 0 Å². The van der Waals surface area contributed by atoms with E-state index in [0.29, 0.717) is 6.54 Å². The molecular formula is C15H16FNS. The maximum absolute atomic E-state index is 13.8. The fourth-order valence-corrected chi connectivity index (χ4v) is 2.66. The maximum atomic E-state index is 13.8. The lowest BCUT2D eigenvalue weighted by molar-refractivity contribution is 0.586. The van der Waals surface area contributed by atoms with Crippen LogP contribution in [0.5, 0.6) is 0 Å². The van der Waals surface area contributed by atoms with E-state index in [2.05, 4.69) is 5.32 Å². The normalized spacial score (nSPS) is 10.6. The van der Waals surface area contributed by atoms with E-state index in [0.717, 1.165) is 21.9 Å². The molecule has 0 aliphatic rings. The molecule has 0 unspecified atom stereocenters. The smallest absolute Gasteiger partial charge is 0.128 e. The van der Waals surface area contributed by atoms with Crippen LogP contribution in [0.1, 0.15) is 12.5 Å². The Hall–Kier alpha value is -1.32. The second-order valence-corrected chi connectivity index (χ2v) is 5.03. The fraction of sp³-hybridized carbons (Fsp3) is 0.200. The van der Waals surface area contributed by atoms with Crippen molar-refractivity contribution in [3.63, 3.8) is 0 Å². The molecule has 0 heterocycles. The van der Waals surface area contributed by atoms with E-state index >= 15 is 0 Å². The highest BCUT2D eigenvalue weighted by Crippen LogP contribution is 2.31. The number of hydrogen-bond acceptors (Lipinski definition) is 2. The van der Waals surface area contributed by atoms with Crippen LogP contribution in [0, 0.1) is 5.82 Å². The Labute approximate surface area is 111 Å².